The lowest BCUT2D eigenvalue weighted by atomic mass is 9.97. The minimum Gasteiger partial charge on any atom is -0.373 e. The first-order valence-corrected chi connectivity index (χ1v) is 8.16. The summed E-state index contributed by atoms with van der Waals surface area (Å²) in [7, 11) is 0. The largest absolute Gasteiger partial charge is 0.373 e. The lowest BCUT2D eigenvalue weighted by Gasteiger charge is -2.18. The molecule has 6 heteroatoms. The number of aromatic nitrogens is 4. The second kappa shape index (κ2) is 7.07. The van der Waals surface area contributed by atoms with E-state index in [1.165, 1.54) is 5.56 Å². The van der Waals surface area contributed by atoms with E-state index in [1.54, 1.807) is 0 Å². The molecule has 3 rings (SSSR count). The first-order chi connectivity index (χ1) is 10.8. The van der Waals surface area contributed by atoms with E-state index in [4.69, 9.17) is 4.74 Å². The van der Waals surface area contributed by atoms with Crippen LogP contribution in [-0.2, 0) is 24.4 Å². The molecule has 0 bridgehead atoms. The number of rotatable bonds is 7. The second-order valence-electron chi connectivity index (χ2n) is 5.73. The first-order valence-electron chi connectivity index (χ1n) is 8.16. The van der Waals surface area contributed by atoms with Crippen LogP contribution in [0.5, 0.6) is 0 Å². The van der Waals surface area contributed by atoms with Gasteiger partial charge in [-0.15, -0.1) is 0 Å². The Morgan fingerprint density at radius 3 is 3.05 bits per heavy atom. The predicted molar refractivity (Wildman–Crippen MR) is 84.3 cm³/mol. The maximum absolute atomic E-state index is 5.93. The number of nitrogens with zero attached hydrogens (tertiary/aromatic N) is 4. The summed E-state index contributed by atoms with van der Waals surface area (Å²) in [6, 6.07) is 0. The van der Waals surface area contributed by atoms with Crippen molar-refractivity contribution in [3.05, 3.63) is 36.2 Å². The van der Waals surface area contributed by atoms with Crippen LogP contribution in [0.4, 0.5) is 0 Å². The van der Waals surface area contributed by atoms with Crippen LogP contribution in [0, 0.1) is 5.92 Å². The SMILES string of the molecule is CCn1cc([C@@H]2OCC[C@H]2CNCc2nccn2CC)cn1. The van der Waals surface area contributed by atoms with Crippen LogP contribution in [-0.4, -0.2) is 32.5 Å². The standard InChI is InChI=1S/C16H25N5O/c1-3-20-7-6-18-15(20)11-17-9-13-5-8-22-16(13)14-10-19-21(4-2)12-14/h6-7,10,12-13,16-17H,3-5,8-9,11H2,1-2H3/t13-,16+/m0/s1. The van der Waals surface area contributed by atoms with Crippen LogP contribution in [0.2, 0.25) is 0 Å². The van der Waals surface area contributed by atoms with Crippen molar-refractivity contribution in [3.8, 4) is 0 Å². The molecule has 0 aliphatic carbocycles. The van der Waals surface area contributed by atoms with Crippen LogP contribution in [0.1, 0.15) is 37.8 Å². The van der Waals surface area contributed by atoms with E-state index in [-0.39, 0.29) is 6.10 Å². The third-order valence-electron chi connectivity index (χ3n) is 4.35. The molecule has 0 spiro atoms. The molecule has 2 atom stereocenters. The average molecular weight is 303 g/mol. The zero-order valence-electron chi connectivity index (χ0n) is 13.4. The van der Waals surface area contributed by atoms with Crippen molar-refractivity contribution in [2.45, 2.75) is 46.0 Å². The Kier molecular flexibility index (Phi) is 4.90. The second-order valence-corrected chi connectivity index (χ2v) is 5.73. The summed E-state index contributed by atoms with van der Waals surface area (Å²) in [5.74, 6) is 1.59. The topological polar surface area (TPSA) is 56.9 Å². The zero-order chi connectivity index (χ0) is 15.4. The third-order valence-corrected chi connectivity index (χ3v) is 4.35. The highest BCUT2D eigenvalue weighted by Crippen LogP contribution is 2.33. The Bertz CT molecular complexity index is 591. The molecule has 120 valence electrons. The number of ether oxygens (including phenoxy) is 1. The summed E-state index contributed by atoms with van der Waals surface area (Å²) in [4.78, 5) is 4.40. The fourth-order valence-corrected chi connectivity index (χ4v) is 3.08. The highest BCUT2D eigenvalue weighted by molar-refractivity contribution is 5.11. The summed E-state index contributed by atoms with van der Waals surface area (Å²) in [5.41, 5.74) is 1.20. The average Bonchev–Trinajstić information content (AvgIpc) is 3.27. The Hall–Kier alpha value is -1.66. The van der Waals surface area contributed by atoms with Crippen LogP contribution in [0.25, 0.3) is 0 Å². The van der Waals surface area contributed by atoms with Gasteiger partial charge in [-0.3, -0.25) is 4.68 Å². The molecule has 0 unspecified atom stereocenters. The molecule has 0 radical (unpaired) electrons. The third kappa shape index (κ3) is 3.23. The number of aryl methyl sites for hydroxylation is 2. The molecule has 1 fully saturated rings. The van der Waals surface area contributed by atoms with Gasteiger partial charge in [0.2, 0.25) is 0 Å². The van der Waals surface area contributed by atoms with Gasteiger partial charge in [0.15, 0.2) is 0 Å². The van der Waals surface area contributed by atoms with Gasteiger partial charge in [0.25, 0.3) is 0 Å². The molecule has 1 aliphatic rings. The Morgan fingerprint density at radius 2 is 2.27 bits per heavy atom. The van der Waals surface area contributed by atoms with E-state index >= 15 is 0 Å². The number of hydrogen-bond donors (Lipinski definition) is 1. The highest BCUT2D eigenvalue weighted by Gasteiger charge is 2.30. The van der Waals surface area contributed by atoms with E-state index in [0.717, 1.165) is 45.0 Å². The summed E-state index contributed by atoms with van der Waals surface area (Å²) < 4.78 is 10.1. The molecule has 1 saturated heterocycles. The van der Waals surface area contributed by atoms with Crippen molar-refractivity contribution in [2.24, 2.45) is 5.92 Å². The Labute approximate surface area is 131 Å². The number of hydrogen-bond acceptors (Lipinski definition) is 4. The van der Waals surface area contributed by atoms with Crippen molar-refractivity contribution in [1.82, 2.24) is 24.6 Å². The molecule has 22 heavy (non-hydrogen) atoms. The molecular formula is C16H25N5O. The molecule has 0 aromatic carbocycles. The normalized spacial score (nSPS) is 21.5. The lowest BCUT2D eigenvalue weighted by Crippen LogP contribution is -2.25. The number of nitrogens with one attached hydrogen (secondary N) is 1. The molecule has 6 nitrogen and oxygen atoms in total. The van der Waals surface area contributed by atoms with Crippen molar-refractivity contribution in [1.29, 1.82) is 0 Å². The zero-order valence-corrected chi connectivity index (χ0v) is 13.4. The van der Waals surface area contributed by atoms with E-state index in [2.05, 4.69) is 40.0 Å². The van der Waals surface area contributed by atoms with Gasteiger partial charge >= 0.3 is 0 Å². The van der Waals surface area contributed by atoms with Gasteiger partial charge in [-0.25, -0.2) is 4.98 Å². The molecule has 1 aliphatic heterocycles. The van der Waals surface area contributed by atoms with E-state index < -0.39 is 0 Å². The highest BCUT2D eigenvalue weighted by atomic mass is 16.5. The molecule has 0 saturated carbocycles. The van der Waals surface area contributed by atoms with Crippen LogP contribution in [0.3, 0.4) is 0 Å². The molecule has 3 heterocycles. The predicted octanol–water partition coefficient (Wildman–Crippen LogP) is 1.99. The molecular weight excluding hydrogens is 278 g/mol. The fraction of sp³-hybridized carbons (Fsp3) is 0.625. The molecule has 2 aromatic rings. The van der Waals surface area contributed by atoms with Crippen molar-refractivity contribution in [3.63, 3.8) is 0 Å². The van der Waals surface area contributed by atoms with E-state index in [0.29, 0.717) is 5.92 Å². The summed E-state index contributed by atoms with van der Waals surface area (Å²) >= 11 is 0. The quantitative estimate of drug-likeness (QED) is 0.850. The van der Waals surface area contributed by atoms with Gasteiger partial charge in [-0.05, 0) is 20.3 Å². The van der Waals surface area contributed by atoms with E-state index in [1.807, 2.05) is 23.3 Å². The minimum absolute atomic E-state index is 0.165. The molecule has 1 N–H and O–H groups in total. The maximum atomic E-state index is 5.93. The Balaban J connectivity index is 1.55. The van der Waals surface area contributed by atoms with Gasteiger partial charge < -0.3 is 14.6 Å². The Morgan fingerprint density at radius 1 is 1.36 bits per heavy atom. The fourth-order valence-electron chi connectivity index (χ4n) is 3.08. The van der Waals surface area contributed by atoms with Crippen LogP contribution >= 0.6 is 0 Å². The summed E-state index contributed by atoms with van der Waals surface area (Å²) in [6.07, 6.45) is 9.19. The summed E-state index contributed by atoms with van der Waals surface area (Å²) in [6.45, 7) is 8.67. The van der Waals surface area contributed by atoms with Gasteiger partial charge in [-0.1, -0.05) is 0 Å². The minimum atomic E-state index is 0.165. The lowest BCUT2D eigenvalue weighted by molar-refractivity contribution is 0.0903. The maximum Gasteiger partial charge on any atom is 0.122 e. The smallest absolute Gasteiger partial charge is 0.122 e. The monoisotopic (exact) mass is 303 g/mol. The van der Waals surface area contributed by atoms with Crippen LogP contribution < -0.4 is 5.32 Å². The number of imidazole rings is 1. The van der Waals surface area contributed by atoms with Crippen LogP contribution in [0.15, 0.2) is 24.8 Å². The van der Waals surface area contributed by atoms with Gasteiger partial charge in [0.1, 0.15) is 5.82 Å². The molecule has 0 amide bonds. The van der Waals surface area contributed by atoms with Gasteiger partial charge in [0, 0.05) is 56.3 Å². The van der Waals surface area contributed by atoms with Crippen molar-refractivity contribution >= 4 is 0 Å². The van der Waals surface area contributed by atoms with Gasteiger partial charge in [-0.2, -0.15) is 5.10 Å². The van der Waals surface area contributed by atoms with E-state index in [9.17, 15) is 0 Å². The summed E-state index contributed by atoms with van der Waals surface area (Å²) in [5, 5.41) is 7.89. The van der Waals surface area contributed by atoms with Crippen molar-refractivity contribution in [2.75, 3.05) is 13.2 Å². The molecule has 2 aromatic heterocycles. The van der Waals surface area contributed by atoms with Gasteiger partial charge in [0.05, 0.1) is 18.8 Å². The first kappa shape index (κ1) is 15.2. The van der Waals surface area contributed by atoms with Crippen molar-refractivity contribution < 1.29 is 4.74 Å².